The maximum absolute atomic E-state index is 12.1. The van der Waals surface area contributed by atoms with Crippen LogP contribution in [-0.4, -0.2) is 69.3 Å². The summed E-state index contributed by atoms with van der Waals surface area (Å²) >= 11 is 0. The first-order valence-electron chi connectivity index (χ1n) is 14.0. The van der Waals surface area contributed by atoms with Gasteiger partial charge in [0.05, 0.1) is 34.6 Å². The van der Waals surface area contributed by atoms with E-state index in [-0.39, 0.29) is 47.9 Å². The van der Waals surface area contributed by atoms with Gasteiger partial charge >= 0.3 is 17.9 Å². The van der Waals surface area contributed by atoms with E-state index in [1.165, 1.54) is 0 Å². The molecule has 0 aromatic heterocycles. The zero-order valence-corrected chi connectivity index (χ0v) is 22.7. The van der Waals surface area contributed by atoms with Gasteiger partial charge in [0.2, 0.25) is 0 Å². The van der Waals surface area contributed by atoms with E-state index < -0.39 is 34.4 Å². The number of ether oxygens (including phenoxy) is 4. The number of esters is 3. The van der Waals surface area contributed by atoms with Crippen LogP contribution in [0.15, 0.2) is 0 Å². The van der Waals surface area contributed by atoms with Gasteiger partial charge in [0, 0.05) is 19.3 Å². The van der Waals surface area contributed by atoms with Crippen LogP contribution in [0.25, 0.3) is 0 Å². The number of aliphatic hydroxyl groups is 2. The predicted octanol–water partition coefficient (Wildman–Crippen LogP) is 2.82. The highest BCUT2D eigenvalue weighted by Gasteiger charge is 2.66. The van der Waals surface area contributed by atoms with Gasteiger partial charge in [-0.2, -0.15) is 0 Å². The highest BCUT2D eigenvalue weighted by Crippen LogP contribution is 2.60. The molecule has 3 saturated heterocycles. The highest BCUT2D eigenvalue weighted by molar-refractivity contribution is 5.79. The molecule has 7 fully saturated rings. The van der Waals surface area contributed by atoms with Gasteiger partial charge in [0.15, 0.2) is 12.2 Å². The summed E-state index contributed by atoms with van der Waals surface area (Å²) in [6.45, 7) is 9.49. The largest absolute Gasteiger partial charge is 0.459 e. The molecule has 0 amide bonds. The Balaban J connectivity index is 0.000000152. The molecule has 6 bridgehead atoms. The molecule has 9 nitrogen and oxygen atoms in total. The van der Waals surface area contributed by atoms with Gasteiger partial charge in [0.1, 0.15) is 11.7 Å². The second kappa shape index (κ2) is 8.91. The minimum atomic E-state index is -0.829. The summed E-state index contributed by atoms with van der Waals surface area (Å²) in [5, 5.41) is 21.2. The van der Waals surface area contributed by atoms with Crippen LogP contribution in [0.4, 0.5) is 0 Å². The van der Waals surface area contributed by atoms with Crippen molar-refractivity contribution >= 4 is 17.9 Å². The third-order valence-electron chi connectivity index (χ3n) is 9.75. The molecule has 4 aliphatic carbocycles. The molecule has 208 valence electrons. The molecule has 7 aliphatic rings. The first-order chi connectivity index (χ1) is 17.2. The Morgan fingerprint density at radius 1 is 1.08 bits per heavy atom. The van der Waals surface area contributed by atoms with Crippen molar-refractivity contribution in [2.45, 2.75) is 134 Å². The summed E-state index contributed by atoms with van der Waals surface area (Å²) in [6.07, 6.45) is 4.64. The van der Waals surface area contributed by atoms with Crippen LogP contribution in [0.2, 0.25) is 0 Å². The Morgan fingerprint density at radius 2 is 1.73 bits per heavy atom. The molecule has 0 aromatic carbocycles. The van der Waals surface area contributed by atoms with E-state index in [0.29, 0.717) is 32.1 Å². The quantitative estimate of drug-likeness (QED) is 0.400. The van der Waals surface area contributed by atoms with Gasteiger partial charge in [-0.05, 0) is 58.3 Å². The summed E-state index contributed by atoms with van der Waals surface area (Å²) in [4.78, 5) is 35.7. The van der Waals surface area contributed by atoms with Crippen LogP contribution in [0.5, 0.6) is 0 Å². The van der Waals surface area contributed by atoms with Gasteiger partial charge in [-0.15, -0.1) is 0 Å². The molecular formula is C28H42O9. The molecule has 8 unspecified atom stereocenters. The fourth-order valence-electron chi connectivity index (χ4n) is 7.65. The lowest BCUT2D eigenvalue weighted by molar-refractivity contribution is -0.262. The van der Waals surface area contributed by atoms with Crippen LogP contribution in [0.1, 0.15) is 92.4 Å². The van der Waals surface area contributed by atoms with Crippen molar-refractivity contribution in [3.63, 3.8) is 0 Å². The van der Waals surface area contributed by atoms with Crippen molar-refractivity contribution in [2.24, 2.45) is 23.2 Å². The minimum Gasteiger partial charge on any atom is -0.459 e. The number of hydrogen-bond donors (Lipinski definition) is 2. The monoisotopic (exact) mass is 522 g/mol. The second-order valence-corrected chi connectivity index (χ2v) is 13.4. The van der Waals surface area contributed by atoms with Crippen LogP contribution < -0.4 is 0 Å². The van der Waals surface area contributed by atoms with Crippen molar-refractivity contribution < 1.29 is 43.5 Å². The van der Waals surface area contributed by atoms with E-state index in [9.17, 15) is 24.6 Å². The lowest BCUT2D eigenvalue weighted by Crippen LogP contribution is -2.67. The predicted molar refractivity (Wildman–Crippen MR) is 130 cm³/mol. The van der Waals surface area contributed by atoms with E-state index in [4.69, 9.17) is 18.9 Å². The number of hydrogen-bond acceptors (Lipinski definition) is 9. The van der Waals surface area contributed by atoms with Gasteiger partial charge in [-0.1, -0.05) is 20.8 Å². The van der Waals surface area contributed by atoms with Gasteiger partial charge in [-0.3, -0.25) is 14.4 Å². The van der Waals surface area contributed by atoms with Crippen molar-refractivity contribution in [2.75, 3.05) is 0 Å². The number of rotatable bonds is 6. The Morgan fingerprint density at radius 3 is 2.30 bits per heavy atom. The van der Waals surface area contributed by atoms with Gasteiger partial charge in [-0.25, -0.2) is 0 Å². The Hall–Kier alpha value is -1.71. The smallest absolute Gasteiger partial charge is 0.312 e. The number of fused-ring (bicyclic) bond motifs is 1. The maximum atomic E-state index is 12.1. The summed E-state index contributed by atoms with van der Waals surface area (Å²) in [5.41, 5.74) is -2.79. The summed E-state index contributed by atoms with van der Waals surface area (Å²) in [5.74, 6) is -0.606. The zero-order valence-electron chi connectivity index (χ0n) is 22.7. The summed E-state index contributed by atoms with van der Waals surface area (Å²) < 4.78 is 22.2. The van der Waals surface area contributed by atoms with E-state index in [1.807, 2.05) is 34.6 Å². The molecule has 37 heavy (non-hydrogen) atoms. The molecule has 0 spiro atoms. The molecule has 0 radical (unpaired) electrons. The lowest BCUT2D eigenvalue weighted by atomic mass is 9.50. The SMILES string of the molecule is CCC(C)(C)C(=O)OC1C2CC3C(=O)OC1C3O2.CCC(C)C(=O)OC12CC3CC(O)(CC(O)(C3)C1)C2. The molecule has 8 atom stereocenters. The number of carbonyl (C=O) groups excluding carboxylic acids is 3. The van der Waals surface area contributed by atoms with E-state index in [1.54, 1.807) is 0 Å². The molecule has 3 aliphatic heterocycles. The first-order valence-corrected chi connectivity index (χ1v) is 14.0. The molecule has 9 heteroatoms. The Labute approximate surface area is 218 Å². The maximum Gasteiger partial charge on any atom is 0.312 e. The third-order valence-corrected chi connectivity index (χ3v) is 9.75. The molecule has 3 heterocycles. The fraction of sp³-hybridized carbons (Fsp3) is 0.893. The van der Waals surface area contributed by atoms with Crippen molar-refractivity contribution in [1.29, 1.82) is 0 Å². The van der Waals surface area contributed by atoms with Crippen LogP contribution in [0.3, 0.4) is 0 Å². The van der Waals surface area contributed by atoms with E-state index in [2.05, 4.69) is 0 Å². The normalized spacial score (nSPS) is 45.2. The molecule has 0 aromatic rings. The van der Waals surface area contributed by atoms with Crippen molar-refractivity contribution in [1.82, 2.24) is 0 Å². The minimum absolute atomic E-state index is 0.114. The topological polar surface area (TPSA) is 129 Å². The molecule has 4 saturated carbocycles. The van der Waals surface area contributed by atoms with Crippen LogP contribution >= 0.6 is 0 Å². The molecule has 7 rings (SSSR count). The Kier molecular flexibility index (Phi) is 6.48. The average molecular weight is 523 g/mol. The van der Waals surface area contributed by atoms with Crippen LogP contribution in [-0.2, 0) is 33.3 Å². The van der Waals surface area contributed by atoms with E-state index in [0.717, 1.165) is 25.7 Å². The van der Waals surface area contributed by atoms with Gasteiger partial charge < -0.3 is 29.2 Å². The summed E-state index contributed by atoms with van der Waals surface area (Å²) in [7, 11) is 0. The zero-order chi connectivity index (χ0) is 27.0. The lowest BCUT2D eigenvalue weighted by Gasteiger charge is -2.62. The average Bonchev–Trinajstić information content (AvgIpc) is 3.41. The van der Waals surface area contributed by atoms with E-state index >= 15 is 0 Å². The first kappa shape index (κ1) is 26.9. The fourth-order valence-corrected chi connectivity index (χ4v) is 7.65. The highest BCUT2D eigenvalue weighted by atomic mass is 16.7. The molecule has 2 N–H and O–H groups in total. The number of carbonyl (C=O) groups is 3. The Bertz CT molecular complexity index is 941. The standard InChI is InChI=1S/C15H24O4.C13H18O5/c1-3-10(2)12(16)19-15-6-11-4-13(17,8-15)7-14(18,5-11)9-15;1-4-13(2,3)12(15)18-9-7-5-6-8(16-7)10(9)17-11(6)14/h10-11,17-18H,3-9H2,1-2H3;6-10H,4-5H2,1-3H3. The van der Waals surface area contributed by atoms with Crippen molar-refractivity contribution in [3.05, 3.63) is 0 Å². The molecular weight excluding hydrogens is 480 g/mol. The summed E-state index contributed by atoms with van der Waals surface area (Å²) in [6, 6.07) is 0. The van der Waals surface area contributed by atoms with Crippen molar-refractivity contribution in [3.8, 4) is 0 Å². The van der Waals surface area contributed by atoms with Gasteiger partial charge in [0.25, 0.3) is 0 Å². The van der Waals surface area contributed by atoms with Crippen LogP contribution in [0, 0.1) is 23.2 Å². The second-order valence-electron chi connectivity index (χ2n) is 13.4. The third kappa shape index (κ3) is 4.69.